The fraction of sp³-hybridized carbons (Fsp3) is 0.538. The van der Waals surface area contributed by atoms with Crippen LogP contribution >= 0.6 is 12.4 Å². The molecule has 0 aliphatic rings. The lowest BCUT2D eigenvalue weighted by Crippen LogP contribution is -2.18. The molecule has 1 nitrogen and oxygen atoms in total. The van der Waals surface area contributed by atoms with E-state index in [9.17, 15) is 0 Å². The van der Waals surface area contributed by atoms with Crippen LogP contribution in [0.2, 0.25) is 0 Å². The van der Waals surface area contributed by atoms with E-state index in [4.69, 9.17) is 0 Å². The molecule has 1 aromatic rings. The molecule has 0 fully saturated rings. The number of rotatable bonds is 7. The molecule has 1 rings (SSSR count). The number of unbranched alkanes of at least 4 members (excludes halogenated alkanes) is 2. The maximum absolute atomic E-state index is 3.47. The third kappa shape index (κ3) is 7.40. The molecule has 2 heteroatoms. The number of benzene rings is 1. The second-order valence-electron chi connectivity index (χ2n) is 3.69. The predicted octanol–water partition coefficient (Wildman–Crippen LogP) is 3.43. The van der Waals surface area contributed by atoms with Crippen LogP contribution in [0.3, 0.4) is 0 Å². The molecule has 0 unspecified atom stereocenters. The maximum Gasteiger partial charge on any atom is -0.000835 e. The molecule has 0 aromatic heterocycles. The summed E-state index contributed by atoms with van der Waals surface area (Å²) in [5, 5.41) is 3.47. The Kier molecular flexibility index (Phi) is 9.65. The molecule has 0 spiro atoms. The molecule has 0 bridgehead atoms. The molecule has 0 heterocycles. The van der Waals surface area contributed by atoms with Crippen LogP contribution < -0.4 is 5.32 Å². The van der Waals surface area contributed by atoms with Crippen LogP contribution in [-0.2, 0) is 6.42 Å². The topological polar surface area (TPSA) is 12.0 Å². The summed E-state index contributed by atoms with van der Waals surface area (Å²) in [4.78, 5) is 0. The van der Waals surface area contributed by atoms with Gasteiger partial charge in [-0.15, -0.1) is 12.4 Å². The molecule has 1 aromatic carbocycles. The number of hydrogen-bond donors (Lipinski definition) is 1. The minimum Gasteiger partial charge on any atom is -0.316 e. The first-order valence-electron chi connectivity index (χ1n) is 5.68. The van der Waals surface area contributed by atoms with E-state index in [1.165, 1.54) is 31.4 Å². The van der Waals surface area contributed by atoms with Crippen molar-refractivity contribution in [1.29, 1.82) is 0 Å². The normalized spacial score (nSPS) is 9.67. The van der Waals surface area contributed by atoms with E-state index in [0.29, 0.717) is 0 Å². The summed E-state index contributed by atoms with van der Waals surface area (Å²) in [5.41, 5.74) is 1.43. The highest BCUT2D eigenvalue weighted by atomic mass is 35.5. The zero-order valence-corrected chi connectivity index (χ0v) is 10.4. The molecule has 0 aliphatic carbocycles. The summed E-state index contributed by atoms with van der Waals surface area (Å²) in [6, 6.07) is 10.7. The summed E-state index contributed by atoms with van der Waals surface area (Å²) in [7, 11) is 0. The van der Waals surface area contributed by atoms with Gasteiger partial charge in [0, 0.05) is 0 Å². The number of hydrogen-bond acceptors (Lipinski definition) is 1. The Hall–Kier alpha value is -0.530. The minimum absolute atomic E-state index is 0. The quantitative estimate of drug-likeness (QED) is 0.704. The molecule has 0 saturated heterocycles. The van der Waals surface area contributed by atoms with Crippen molar-refractivity contribution in [2.24, 2.45) is 0 Å². The van der Waals surface area contributed by atoms with Gasteiger partial charge in [0.1, 0.15) is 0 Å². The maximum atomic E-state index is 3.47. The molecular formula is C13H22ClN. The van der Waals surface area contributed by atoms with Crippen molar-refractivity contribution in [2.75, 3.05) is 13.1 Å². The van der Waals surface area contributed by atoms with Gasteiger partial charge in [-0.1, -0.05) is 50.1 Å². The standard InChI is InChI=1S/C13H21N.ClH/c1-2-3-7-11-14-12-10-13-8-5-4-6-9-13;/h4-6,8-9,14H,2-3,7,10-12H2,1H3;1H. The van der Waals surface area contributed by atoms with E-state index < -0.39 is 0 Å². The van der Waals surface area contributed by atoms with Crippen molar-refractivity contribution < 1.29 is 0 Å². The van der Waals surface area contributed by atoms with Crippen molar-refractivity contribution >= 4 is 12.4 Å². The van der Waals surface area contributed by atoms with Gasteiger partial charge in [-0.05, 0) is 31.5 Å². The Labute approximate surface area is 99.7 Å². The predicted molar refractivity (Wildman–Crippen MR) is 69.8 cm³/mol. The Balaban J connectivity index is 0.00000196. The third-order valence-electron chi connectivity index (χ3n) is 2.39. The van der Waals surface area contributed by atoms with Gasteiger partial charge in [0.05, 0.1) is 0 Å². The van der Waals surface area contributed by atoms with Crippen molar-refractivity contribution in [2.45, 2.75) is 32.6 Å². The average molecular weight is 228 g/mol. The average Bonchev–Trinajstić information content (AvgIpc) is 2.25. The molecule has 0 atom stereocenters. The lowest BCUT2D eigenvalue weighted by molar-refractivity contribution is 0.617. The fourth-order valence-corrected chi connectivity index (χ4v) is 1.50. The van der Waals surface area contributed by atoms with Gasteiger partial charge in [-0.3, -0.25) is 0 Å². The van der Waals surface area contributed by atoms with Crippen LogP contribution in [0.4, 0.5) is 0 Å². The summed E-state index contributed by atoms with van der Waals surface area (Å²) >= 11 is 0. The SMILES string of the molecule is CCCCCNCCc1ccccc1.Cl. The fourth-order valence-electron chi connectivity index (χ4n) is 1.50. The Morgan fingerprint density at radius 3 is 2.40 bits per heavy atom. The van der Waals surface area contributed by atoms with Crippen molar-refractivity contribution in [3.8, 4) is 0 Å². The van der Waals surface area contributed by atoms with Crippen LogP contribution in [0.5, 0.6) is 0 Å². The molecule has 0 saturated carbocycles. The second-order valence-corrected chi connectivity index (χ2v) is 3.69. The molecule has 0 aliphatic heterocycles. The smallest absolute Gasteiger partial charge is 0.000835 e. The Morgan fingerprint density at radius 1 is 1.00 bits per heavy atom. The number of halogens is 1. The molecular weight excluding hydrogens is 206 g/mol. The third-order valence-corrected chi connectivity index (χ3v) is 2.39. The van der Waals surface area contributed by atoms with E-state index in [0.717, 1.165) is 13.0 Å². The van der Waals surface area contributed by atoms with E-state index in [1.807, 2.05) is 0 Å². The highest BCUT2D eigenvalue weighted by molar-refractivity contribution is 5.85. The largest absolute Gasteiger partial charge is 0.316 e. The van der Waals surface area contributed by atoms with E-state index in [-0.39, 0.29) is 12.4 Å². The van der Waals surface area contributed by atoms with Crippen LogP contribution in [-0.4, -0.2) is 13.1 Å². The van der Waals surface area contributed by atoms with E-state index in [1.54, 1.807) is 0 Å². The molecule has 86 valence electrons. The van der Waals surface area contributed by atoms with Gasteiger partial charge in [0.25, 0.3) is 0 Å². The number of nitrogens with one attached hydrogen (secondary N) is 1. The molecule has 15 heavy (non-hydrogen) atoms. The van der Waals surface area contributed by atoms with Crippen LogP contribution in [0.25, 0.3) is 0 Å². The zero-order valence-electron chi connectivity index (χ0n) is 9.54. The summed E-state index contributed by atoms with van der Waals surface area (Å²) in [5.74, 6) is 0. The van der Waals surface area contributed by atoms with Gasteiger partial charge < -0.3 is 5.32 Å². The van der Waals surface area contributed by atoms with E-state index in [2.05, 4.69) is 42.6 Å². The van der Waals surface area contributed by atoms with Gasteiger partial charge >= 0.3 is 0 Å². The van der Waals surface area contributed by atoms with Gasteiger partial charge in [-0.25, -0.2) is 0 Å². The second kappa shape index (κ2) is 10.0. The molecule has 0 radical (unpaired) electrons. The first-order valence-corrected chi connectivity index (χ1v) is 5.68. The van der Waals surface area contributed by atoms with Gasteiger partial charge in [-0.2, -0.15) is 0 Å². The summed E-state index contributed by atoms with van der Waals surface area (Å²) in [6.07, 6.45) is 5.11. The lowest BCUT2D eigenvalue weighted by Gasteiger charge is -2.03. The lowest BCUT2D eigenvalue weighted by atomic mass is 10.1. The highest BCUT2D eigenvalue weighted by Gasteiger charge is 1.90. The summed E-state index contributed by atoms with van der Waals surface area (Å²) < 4.78 is 0. The van der Waals surface area contributed by atoms with Gasteiger partial charge in [0.15, 0.2) is 0 Å². The minimum atomic E-state index is 0. The Morgan fingerprint density at radius 2 is 1.73 bits per heavy atom. The molecule has 1 N–H and O–H groups in total. The van der Waals surface area contributed by atoms with Gasteiger partial charge in [0.2, 0.25) is 0 Å². The zero-order chi connectivity index (χ0) is 10.1. The van der Waals surface area contributed by atoms with Crippen molar-refractivity contribution in [1.82, 2.24) is 5.32 Å². The van der Waals surface area contributed by atoms with E-state index >= 15 is 0 Å². The first-order chi connectivity index (χ1) is 6.93. The Bertz CT molecular complexity index is 223. The summed E-state index contributed by atoms with van der Waals surface area (Å²) in [6.45, 7) is 4.51. The first kappa shape index (κ1) is 14.5. The monoisotopic (exact) mass is 227 g/mol. The van der Waals surface area contributed by atoms with Crippen LogP contribution in [0.1, 0.15) is 31.7 Å². The van der Waals surface area contributed by atoms with Crippen molar-refractivity contribution in [3.63, 3.8) is 0 Å². The van der Waals surface area contributed by atoms with Crippen molar-refractivity contribution in [3.05, 3.63) is 35.9 Å². The van der Waals surface area contributed by atoms with Crippen LogP contribution in [0, 0.1) is 0 Å². The molecule has 0 amide bonds. The highest BCUT2D eigenvalue weighted by Crippen LogP contribution is 1.98. The van der Waals surface area contributed by atoms with Crippen LogP contribution in [0.15, 0.2) is 30.3 Å².